The maximum atomic E-state index is 10.8. The van der Waals surface area contributed by atoms with Crippen LogP contribution in [-0.4, -0.2) is 6.29 Å². The molecule has 0 N–H and O–H groups in total. The van der Waals surface area contributed by atoms with E-state index >= 15 is 0 Å². The molecule has 0 aromatic rings. The Morgan fingerprint density at radius 3 is 2.50 bits per heavy atom. The van der Waals surface area contributed by atoms with Crippen LogP contribution in [0.1, 0.15) is 65.7 Å². The van der Waals surface area contributed by atoms with Crippen LogP contribution in [0.2, 0.25) is 0 Å². The van der Waals surface area contributed by atoms with Crippen LogP contribution in [-0.2, 0) is 4.79 Å². The van der Waals surface area contributed by atoms with Crippen molar-refractivity contribution < 1.29 is 4.79 Å². The molecule has 0 atom stereocenters. The average molecular weight is 246 g/mol. The van der Waals surface area contributed by atoms with E-state index in [4.69, 9.17) is 0 Å². The van der Waals surface area contributed by atoms with Gasteiger partial charge in [-0.2, -0.15) is 0 Å². The molecular weight excluding hydrogens is 220 g/mol. The standard InChI is InChI=1S/C17H26O/c1-14-10-8-6-4-5-7-9-11-17(12-13-18)16(3)15(14)2/h8,10,13H,4-7,9,11-12H2,1-3H3/b10-8?,15-14?,17-16+. The van der Waals surface area contributed by atoms with E-state index in [9.17, 15) is 4.79 Å². The van der Waals surface area contributed by atoms with Crippen molar-refractivity contribution in [3.05, 3.63) is 34.4 Å². The highest BCUT2D eigenvalue weighted by molar-refractivity contribution is 5.56. The van der Waals surface area contributed by atoms with Gasteiger partial charge >= 0.3 is 0 Å². The van der Waals surface area contributed by atoms with E-state index in [-0.39, 0.29) is 0 Å². The Balaban J connectivity index is 3.03. The van der Waals surface area contributed by atoms with Gasteiger partial charge in [-0.1, -0.05) is 30.6 Å². The Hall–Kier alpha value is -1.11. The smallest absolute Gasteiger partial charge is 0.124 e. The van der Waals surface area contributed by atoms with Gasteiger partial charge < -0.3 is 4.79 Å². The molecule has 0 aliphatic heterocycles. The van der Waals surface area contributed by atoms with Gasteiger partial charge in [0.25, 0.3) is 0 Å². The van der Waals surface area contributed by atoms with Crippen LogP contribution in [0, 0.1) is 0 Å². The van der Waals surface area contributed by atoms with Crippen molar-refractivity contribution in [2.45, 2.75) is 65.7 Å². The molecule has 0 aromatic heterocycles. The van der Waals surface area contributed by atoms with Gasteiger partial charge in [-0.15, -0.1) is 0 Å². The van der Waals surface area contributed by atoms with E-state index in [1.807, 2.05) is 0 Å². The van der Waals surface area contributed by atoms with Gasteiger partial charge in [-0.25, -0.2) is 0 Å². The maximum Gasteiger partial charge on any atom is 0.124 e. The fourth-order valence-corrected chi connectivity index (χ4v) is 2.44. The predicted octanol–water partition coefficient (Wildman–Crippen LogP) is 5.14. The summed E-state index contributed by atoms with van der Waals surface area (Å²) in [5.41, 5.74) is 5.32. The molecule has 0 radical (unpaired) electrons. The number of allylic oxidation sites excluding steroid dienone is 6. The van der Waals surface area contributed by atoms with Crippen LogP contribution in [0.15, 0.2) is 34.4 Å². The molecule has 0 saturated carbocycles. The average Bonchev–Trinajstić information content (AvgIpc) is 2.37. The highest BCUT2D eigenvalue weighted by atomic mass is 16.1. The molecule has 0 fully saturated rings. The normalized spacial score (nSPS) is 23.5. The Morgan fingerprint density at radius 1 is 1.06 bits per heavy atom. The minimum atomic E-state index is 0.597. The number of aldehydes is 1. The fraction of sp³-hybridized carbons (Fsp3) is 0.588. The summed E-state index contributed by atoms with van der Waals surface area (Å²) in [7, 11) is 0. The van der Waals surface area contributed by atoms with Gasteiger partial charge in [-0.05, 0) is 63.2 Å². The van der Waals surface area contributed by atoms with Crippen molar-refractivity contribution in [3.8, 4) is 0 Å². The fourth-order valence-electron chi connectivity index (χ4n) is 2.44. The molecule has 100 valence electrons. The van der Waals surface area contributed by atoms with Crippen LogP contribution in [0.25, 0.3) is 0 Å². The minimum Gasteiger partial charge on any atom is -0.303 e. The van der Waals surface area contributed by atoms with Crippen molar-refractivity contribution in [1.82, 2.24) is 0 Å². The summed E-state index contributed by atoms with van der Waals surface area (Å²) in [5, 5.41) is 0. The van der Waals surface area contributed by atoms with Gasteiger partial charge in [0.15, 0.2) is 0 Å². The monoisotopic (exact) mass is 246 g/mol. The first-order valence-electron chi connectivity index (χ1n) is 7.13. The minimum absolute atomic E-state index is 0.597. The third-order valence-corrected chi connectivity index (χ3v) is 3.98. The summed E-state index contributed by atoms with van der Waals surface area (Å²) in [6.07, 6.45) is 13.5. The molecule has 0 heterocycles. The summed E-state index contributed by atoms with van der Waals surface area (Å²) in [6.45, 7) is 6.50. The molecule has 1 heteroatoms. The van der Waals surface area contributed by atoms with Gasteiger partial charge in [0.05, 0.1) is 0 Å². The zero-order valence-electron chi connectivity index (χ0n) is 12.1. The van der Waals surface area contributed by atoms with Crippen LogP contribution in [0.4, 0.5) is 0 Å². The lowest BCUT2D eigenvalue weighted by Crippen LogP contribution is -1.96. The van der Waals surface area contributed by atoms with E-state index in [1.54, 1.807) is 0 Å². The van der Waals surface area contributed by atoms with Crippen molar-refractivity contribution in [3.63, 3.8) is 0 Å². The zero-order chi connectivity index (χ0) is 13.4. The third kappa shape index (κ3) is 4.64. The largest absolute Gasteiger partial charge is 0.303 e. The van der Waals surface area contributed by atoms with E-state index in [0.717, 1.165) is 12.7 Å². The summed E-state index contributed by atoms with van der Waals surface area (Å²) in [5.74, 6) is 0. The second-order valence-electron chi connectivity index (χ2n) is 5.26. The topological polar surface area (TPSA) is 17.1 Å². The van der Waals surface area contributed by atoms with Crippen molar-refractivity contribution >= 4 is 6.29 Å². The highest BCUT2D eigenvalue weighted by Crippen LogP contribution is 2.25. The predicted molar refractivity (Wildman–Crippen MR) is 78.6 cm³/mol. The zero-order valence-corrected chi connectivity index (χ0v) is 12.1. The molecule has 0 spiro atoms. The Labute approximate surface area is 112 Å². The molecule has 1 nitrogen and oxygen atoms in total. The van der Waals surface area contributed by atoms with Crippen molar-refractivity contribution in [1.29, 1.82) is 0 Å². The maximum absolute atomic E-state index is 10.8. The highest BCUT2D eigenvalue weighted by Gasteiger charge is 2.06. The number of rotatable bonds is 2. The molecule has 0 saturated heterocycles. The SMILES string of the molecule is CC1=C(C)/C(C)=C(/CC=O)CCCCCCC=C1. The van der Waals surface area contributed by atoms with Crippen molar-refractivity contribution in [2.24, 2.45) is 0 Å². The van der Waals surface area contributed by atoms with Gasteiger partial charge in [0, 0.05) is 6.42 Å². The number of carbonyl (C=O) groups is 1. The molecule has 18 heavy (non-hydrogen) atoms. The molecule has 0 bridgehead atoms. The molecule has 1 rings (SSSR count). The number of hydrogen-bond donors (Lipinski definition) is 0. The van der Waals surface area contributed by atoms with Gasteiger partial charge in [-0.3, -0.25) is 0 Å². The van der Waals surface area contributed by atoms with E-state index in [2.05, 4.69) is 32.9 Å². The van der Waals surface area contributed by atoms with E-state index in [1.165, 1.54) is 54.4 Å². The number of hydrogen-bond acceptors (Lipinski definition) is 1. The number of carbonyl (C=O) groups excluding carboxylic acids is 1. The lowest BCUT2D eigenvalue weighted by molar-refractivity contribution is -0.107. The molecular formula is C17H26O. The summed E-state index contributed by atoms with van der Waals surface area (Å²) >= 11 is 0. The van der Waals surface area contributed by atoms with E-state index in [0.29, 0.717) is 6.42 Å². The first kappa shape index (κ1) is 14.9. The Kier molecular flexibility index (Phi) is 6.70. The van der Waals surface area contributed by atoms with Crippen LogP contribution < -0.4 is 0 Å². The van der Waals surface area contributed by atoms with E-state index < -0.39 is 0 Å². The molecule has 1 aliphatic carbocycles. The lowest BCUT2D eigenvalue weighted by Gasteiger charge is -2.13. The molecule has 0 unspecified atom stereocenters. The molecule has 1 aliphatic rings. The molecule has 0 aromatic carbocycles. The first-order valence-corrected chi connectivity index (χ1v) is 7.13. The second-order valence-corrected chi connectivity index (χ2v) is 5.26. The Bertz CT molecular complexity index is 369. The van der Waals surface area contributed by atoms with Gasteiger partial charge in [0.1, 0.15) is 6.29 Å². The quantitative estimate of drug-likeness (QED) is 0.617. The lowest BCUT2D eigenvalue weighted by atomic mass is 9.92. The molecule has 0 amide bonds. The Morgan fingerprint density at radius 2 is 1.78 bits per heavy atom. The first-order chi connectivity index (χ1) is 8.66. The third-order valence-electron chi connectivity index (χ3n) is 3.98. The summed E-state index contributed by atoms with van der Waals surface area (Å²) in [6, 6.07) is 0. The second kappa shape index (κ2) is 8.07. The van der Waals surface area contributed by atoms with Crippen molar-refractivity contribution in [2.75, 3.05) is 0 Å². The summed E-state index contributed by atoms with van der Waals surface area (Å²) in [4.78, 5) is 10.8. The van der Waals surface area contributed by atoms with Gasteiger partial charge in [0.2, 0.25) is 0 Å². The van der Waals surface area contributed by atoms with Crippen LogP contribution >= 0.6 is 0 Å². The summed E-state index contributed by atoms with van der Waals surface area (Å²) < 4.78 is 0. The van der Waals surface area contributed by atoms with Crippen LogP contribution in [0.3, 0.4) is 0 Å². The van der Waals surface area contributed by atoms with Crippen LogP contribution in [0.5, 0.6) is 0 Å².